The first-order valence-corrected chi connectivity index (χ1v) is 7.81. The van der Waals surface area contributed by atoms with E-state index < -0.39 is 5.91 Å². The Kier molecular flexibility index (Phi) is 4.71. The lowest BCUT2D eigenvalue weighted by molar-refractivity contribution is -0.124. The van der Waals surface area contributed by atoms with E-state index in [9.17, 15) is 4.79 Å². The second-order valence-electron chi connectivity index (χ2n) is 4.84. The van der Waals surface area contributed by atoms with Crippen molar-refractivity contribution in [1.82, 2.24) is 10.5 Å². The molecule has 23 heavy (non-hydrogen) atoms. The zero-order chi connectivity index (χ0) is 16.1. The Balaban J connectivity index is 1.74. The van der Waals surface area contributed by atoms with E-state index in [2.05, 4.69) is 23.2 Å². The number of benzene rings is 2. The summed E-state index contributed by atoms with van der Waals surface area (Å²) in [6.45, 7) is 0. The third-order valence-electron chi connectivity index (χ3n) is 3.23. The van der Waals surface area contributed by atoms with Crippen LogP contribution in [0.3, 0.4) is 0 Å². The maximum atomic E-state index is 10.9. The van der Waals surface area contributed by atoms with Gasteiger partial charge in [-0.15, -0.1) is 0 Å². The Hall–Kier alpha value is -2.63. The number of hydrogen-bond donors (Lipinski definition) is 2. The zero-order valence-corrected chi connectivity index (χ0v) is 13.0. The van der Waals surface area contributed by atoms with Crippen LogP contribution in [0.15, 0.2) is 76.7 Å². The third-order valence-corrected chi connectivity index (χ3v) is 4.23. The molecule has 0 fully saturated rings. The van der Waals surface area contributed by atoms with Gasteiger partial charge in [-0.25, -0.2) is 5.48 Å². The van der Waals surface area contributed by atoms with Crippen molar-refractivity contribution in [2.24, 2.45) is 0 Å². The lowest BCUT2D eigenvalue weighted by Crippen LogP contribution is -2.14. The quantitative estimate of drug-likeness (QED) is 0.434. The largest absolute Gasteiger partial charge is 0.288 e. The maximum Gasteiger partial charge on any atom is 0.267 e. The molecular weight excluding hydrogens is 308 g/mol. The summed E-state index contributed by atoms with van der Waals surface area (Å²) >= 11 is 1.66. The van der Waals surface area contributed by atoms with Gasteiger partial charge in [0, 0.05) is 27.5 Å². The summed E-state index contributed by atoms with van der Waals surface area (Å²) in [5, 5.41) is 9.56. The lowest BCUT2D eigenvalue weighted by Gasteiger charge is -2.04. The van der Waals surface area contributed by atoms with Crippen LogP contribution < -0.4 is 5.48 Å². The molecule has 0 unspecified atom stereocenters. The first kappa shape index (κ1) is 15.3. The average molecular weight is 322 g/mol. The van der Waals surface area contributed by atoms with E-state index in [-0.39, 0.29) is 0 Å². The highest BCUT2D eigenvalue weighted by Crippen LogP contribution is 2.29. The number of aromatic nitrogens is 1. The molecule has 0 radical (unpaired) electrons. The van der Waals surface area contributed by atoms with Gasteiger partial charge in [0.2, 0.25) is 0 Å². The van der Waals surface area contributed by atoms with Crippen LogP contribution in [0.5, 0.6) is 0 Å². The highest BCUT2D eigenvalue weighted by Gasteiger charge is 2.00. The van der Waals surface area contributed by atoms with E-state index in [1.807, 2.05) is 36.4 Å². The number of carbonyl (C=O) groups excluding carboxylic acids is 1. The van der Waals surface area contributed by atoms with Crippen LogP contribution in [0.4, 0.5) is 0 Å². The molecule has 4 nitrogen and oxygen atoms in total. The molecule has 5 heteroatoms. The molecule has 1 amide bonds. The smallest absolute Gasteiger partial charge is 0.267 e. The van der Waals surface area contributed by atoms with Crippen LogP contribution >= 0.6 is 11.8 Å². The lowest BCUT2D eigenvalue weighted by atomic mass is 10.2. The van der Waals surface area contributed by atoms with Crippen molar-refractivity contribution in [3.05, 3.63) is 72.4 Å². The van der Waals surface area contributed by atoms with E-state index >= 15 is 0 Å². The van der Waals surface area contributed by atoms with Crippen LogP contribution in [-0.4, -0.2) is 16.1 Å². The van der Waals surface area contributed by atoms with Crippen LogP contribution in [0.25, 0.3) is 17.0 Å². The fraction of sp³-hybridized carbons (Fsp3) is 0. The van der Waals surface area contributed by atoms with E-state index in [1.165, 1.54) is 6.08 Å². The van der Waals surface area contributed by atoms with Gasteiger partial charge in [0.05, 0.1) is 5.52 Å². The molecule has 0 bridgehead atoms. The second kappa shape index (κ2) is 7.09. The van der Waals surface area contributed by atoms with Gasteiger partial charge in [-0.1, -0.05) is 36.0 Å². The number of fused-ring (bicyclic) bond motifs is 1. The first-order chi connectivity index (χ1) is 11.2. The molecule has 0 aliphatic rings. The molecule has 0 spiro atoms. The summed E-state index contributed by atoms with van der Waals surface area (Å²) in [5.41, 5.74) is 3.42. The normalized spacial score (nSPS) is 11.0. The van der Waals surface area contributed by atoms with Crippen molar-refractivity contribution in [2.45, 2.75) is 9.79 Å². The summed E-state index contributed by atoms with van der Waals surface area (Å²) in [4.78, 5) is 17.5. The molecule has 0 atom stereocenters. The predicted octanol–water partition coefficient (Wildman–Crippen LogP) is 3.90. The Morgan fingerprint density at radius 3 is 2.65 bits per heavy atom. The zero-order valence-electron chi connectivity index (χ0n) is 12.1. The number of rotatable bonds is 4. The molecule has 114 valence electrons. The Morgan fingerprint density at radius 2 is 1.87 bits per heavy atom. The van der Waals surface area contributed by atoms with Gasteiger partial charge in [0.25, 0.3) is 5.91 Å². The standard InChI is InChI=1S/C18H14N2O2S/c21-18(20-22)10-5-13-3-7-15(8-4-13)23-16-9-6-14-2-1-11-19-17(14)12-16/h1-12,22H,(H,20,21)/b10-5+. The Labute approximate surface area is 137 Å². The number of nitrogens with zero attached hydrogens (tertiary/aromatic N) is 1. The summed E-state index contributed by atoms with van der Waals surface area (Å²) in [6.07, 6.45) is 4.71. The monoisotopic (exact) mass is 322 g/mol. The fourth-order valence-electron chi connectivity index (χ4n) is 2.10. The molecule has 0 saturated heterocycles. The molecule has 2 N–H and O–H groups in total. The number of nitrogens with one attached hydrogen (secondary N) is 1. The van der Waals surface area contributed by atoms with Gasteiger partial charge in [0.1, 0.15) is 0 Å². The van der Waals surface area contributed by atoms with Crippen molar-refractivity contribution < 1.29 is 10.0 Å². The van der Waals surface area contributed by atoms with Gasteiger partial charge in [-0.2, -0.15) is 0 Å². The van der Waals surface area contributed by atoms with E-state index in [1.54, 1.807) is 29.5 Å². The van der Waals surface area contributed by atoms with Crippen LogP contribution in [0.2, 0.25) is 0 Å². The van der Waals surface area contributed by atoms with Crippen LogP contribution in [0.1, 0.15) is 5.56 Å². The number of hydrogen-bond acceptors (Lipinski definition) is 4. The van der Waals surface area contributed by atoms with Crippen LogP contribution in [0, 0.1) is 0 Å². The van der Waals surface area contributed by atoms with Gasteiger partial charge < -0.3 is 0 Å². The van der Waals surface area contributed by atoms with Crippen molar-refractivity contribution in [3.8, 4) is 0 Å². The summed E-state index contributed by atoms with van der Waals surface area (Å²) in [7, 11) is 0. The molecule has 1 aromatic heterocycles. The van der Waals surface area contributed by atoms with Crippen molar-refractivity contribution in [2.75, 3.05) is 0 Å². The second-order valence-corrected chi connectivity index (χ2v) is 5.99. The number of pyridine rings is 1. The number of amides is 1. The highest BCUT2D eigenvalue weighted by atomic mass is 32.2. The predicted molar refractivity (Wildman–Crippen MR) is 91.3 cm³/mol. The first-order valence-electron chi connectivity index (χ1n) is 6.99. The van der Waals surface area contributed by atoms with E-state index in [4.69, 9.17) is 5.21 Å². The molecule has 1 heterocycles. The van der Waals surface area contributed by atoms with Gasteiger partial charge in [-0.05, 0) is 42.0 Å². The van der Waals surface area contributed by atoms with Gasteiger partial charge in [0.15, 0.2) is 0 Å². The molecule has 0 aliphatic carbocycles. The SMILES string of the molecule is O=C(/C=C/c1ccc(Sc2ccc3cccnc3c2)cc1)NO. The minimum absolute atomic E-state index is 0.549. The summed E-state index contributed by atoms with van der Waals surface area (Å²) < 4.78 is 0. The fourth-order valence-corrected chi connectivity index (χ4v) is 2.95. The summed E-state index contributed by atoms with van der Waals surface area (Å²) in [6, 6.07) is 18.0. The van der Waals surface area contributed by atoms with Gasteiger partial charge >= 0.3 is 0 Å². The van der Waals surface area contributed by atoms with Crippen molar-refractivity contribution >= 4 is 34.6 Å². The average Bonchev–Trinajstić information content (AvgIpc) is 2.60. The van der Waals surface area contributed by atoms with Gasteiger partial charge in [-0.3, -0.25) is 15.0 Å². The minimum Gasteiger partial charge on any atom is -0.288 e. The Morgan fingerprint density at radius 1 is 1.09 bits per heavy atom. The minimum atomic E-state index is -0.549. The van der Waals surface area contributed by atoms with Crippen molar-refractivity contribution in [1.29, 1.82) is 0 Å². The Bertz CT molecular complexity index is 860. The number of carbonyl (C=O) groups is 1. The molecule has 0 saturated carbocycles. The number of hydroxylamine groups is 1. The van der Waals surface area contributed by atoms with Crippen LogP contribution in [-0.2, 0) is 4.79 Å². The molecule has 3 rings (SSSR count). The topological polar surface area (TPSA) is 62.2 Å². The highest BCUT2D eigenvalue weighted by molar-refractivity contribution is 7.99. The summed E-state index contributed by atoms with van der Waals surface area (Å²) in [5.74, 6) is -0.549. The maximum absolute atomic E-state index is 10.9. The molecular formula is C18H14N2O2S. The third kappa shape index (κ3) is 3.97. The molecule has 0 aliphatic heterocycles. The van der Waals surface area contributed by atoms with E-state index in [0.29, 0.717) is 0 Å². The van der Waals surface area contributed by atoms with E-state index in [0.717, 1.165) is 26.3 Å². The molecule has 3 aromatic rings. The molecule has 2 aromatic carbocycles. The van der Waals surface area contributed by atoms with Crippen molar-refractivity contribution in [3.63, 3.8) is 0 Å².